The first-order chi connectivity index (χ1) is 10.8. The Balaban J connectivity index is 1.55. The molecule has 1 atom stereocenters. The van der Waals surface area contributed by atoms with E-state index in [1.165, 1.54) is 31.2 Å². The van der Waals surface area contributed by atoms with Gasteiger partial charge in [-0.05, 0) is 43.7 Å². The van der Waals surface area contributed by atoms with E-state index in [2.05, 4.69) is 26.4 Å². The summed E-state index contributed by atoms with van der Waals surface area (Å²) in [6, 6.07) is 2.26. The van der Waals surface area contributed by atoms with Gasteiger partial charge in [-0.15, -0.1) is 0 Å². The van der Waals surface area contributed by atoms with E-state index in [0.717, 1.165) is 25.0 Å². The largest absolute Gasteiger partial charge is 0.342 e. The summed E-state index contributed by atoms with van der Waals surface area (Å²) in [5.74, 6) is -0.106. The minimum Gasteiger partial charge on any atom is -0.342 e. The molecule has 1 amide bonds. The van der Waals surface area contributed by atoms with E-state index >= 15 is 0 Å². The van der Waals surface area contributed by atoms with E-state index in [0.29, 0.717) is 11.7 Å². The molecule has 0 saturated heterocycles. The number of carbonyl (C=O) groups excluding carboxylic acids is 1. The van der Waals surface area contributed by atoms with Crippen molar-refractivity contribution in [1.82, 2.24) is 25.3 Å². The number of amides is 1. The molecule has 1 unspecified atom stereocenters. The third kappa shape index (κ3) is 2.42. The van der Waals surface area contributed by atoms with Crippen molar-refractivity contribution in [3.05, 3.63) is 35.4 Å². The highest BCUT2D eigenvalue weighted by Gasteiger charge is 2.28. The number of aryl methyl sites for hydroxylation is 1. The van der Waals surface area contributed by atoms with Gasteiger partial charge in [0.05, 0.1) is 17.8 Å². The van der Waals surface area contributed by atoms with Crippen LogP contribution in [0.3, 0.4) is 0 Å². The fourth-order valence-corrected chi connectivity index (χ4v) is 3.68. The predicted molar refractivity (Wildman–Crippen MR) is 81.5 cm³/mol. The lowest BCUT2D eigenvalue weighted by Gasteiger charge is -2.21. The number of hydrogen-bond acceptors (Lipinski definition) is 3. The van der Waals surface area contributed by atoms with Gasteiger partial charge >= 0.3 is 0 Å². The van der Waals surface area contributed by atoms with Crippen molar-refractivity contribution in [2.75, 3.05) is 0 Å². The van der Waals surface area contributed by atoms with Gasteiger partial charge in [-0.3, -0.25) is 14.6 Å². The van der Waals surface area contributed by atoms with Crippen LogP contribution in [-0.2, 0) is 6.42 Å². The zero-order chi connectivity index (χ0) is 14.9. The zero-order valence-electron chi connectivity index (χ0n) is 12.6. The average molecular weight is 299 g/mol. The number of carbonyl (C=O) groups is 1. The third-order valence-corrected chi connectivity index (χ3v) is 4.86. The fraction of sp³-hybridized carbons (Fsp3) is 0.562. The van der Waals surface area contributed by atoms with E-state index in [-0.39, 0.29) is 11.9 Å². The standard InChI is InChI=1S/C16H21N5O/c22-16(14-8-9-17-19-14)18-13-7-3-4-11-10-21(20-15(11)13)12-5-1-2-6-12/h8-10,12-13H,1-7H2,(H,17,19)(H,18,22). The molecular formula is C16H21N5O. The molecule has 0 radical (unpaired) electrons. The van der Waals surface area contributed by atoms with Crippen LogP contribution in [0.2, 0.25) is 0 Å². The lowest BCUT2D eigenvalue weighted by Crippen LogP contribution is -2.31. The lowest BCUT2D eigenvalue weighted by molar-refractivity contribution is 0.0926. The van der Waals surface area contributed by atoms with Gasteiger partial charge in [0.2, 0.25) is 0 Å². The SMILES string of the molecule is O=C(NC1CCCc2cn(C3CCCC3)nc21)c1ccn[nH]1. The summed E-state index contributed by atoms with van der Waals surface area (Å²) in [6.45, 7) is 0. The zero-order valence-corrected chi connectivity index (χ0v) is 12.6. The molecular weight excluding hydrogens is 278 g/mol. The quantitative estimate of drug-likeness (QED) is 0.914. The molecule has 6 nitrogen and oxygen atoms in total. The molecule has 0 aromatic carbocycles. The first kappa shape index (κ1) is 13.5. The van der Waals surface area contributed by atoms with Crippen molar-refractivity contribution >= 4 is 5.91 Å². The van der Waals surface area contributed by atoms with Crippen LogP contribution >= 0.6 is 0 Å². The van der Waals surface area contributed by atoms with Crippen molar-refractivity contribution < 1.29 is 4.79 Å². The highest BCUT2D eigenvalue weighted by molar-refractivity contribution is 5.92. The summed E-state index contributed by atoms with van der Waals surface area (Å²) in [5.41, 5.74) is 2.86. The van der Waals surface area contributed by atoms with E-state index in [4.69, 9.17) is 5.10 Å². The van der Waals surface area contributed by atoms with Crippen LogP contribution in [0, 0.1) is 0 Å². The number of fused-ring (bicyclic) bond motifs is 1. The highest BCUT2D eigenvalue weighted by Crippen LogP contribution is 2.33. The molecule has 6 heteroatoms. The Kier molecular flexibility index (Phi) is 3.44. The number of hydrogen-bond donors (Lipinski definition) is 2. The third-order valence-electron chi connectivity index (χ3n) is 4.86. The number of H-pyrrole nitrogens is 1. The van der Waals surface area contributed by atoms with E-state index in [1.54, 1.807) is 12.3 Å². The first-order valence-electron chi connectivity index (χ1n) is 8.19. The van der Waals surface area contributed by atoms with Gasteiger partial charge in [-0.1, -0.05) is 12.8 Å². The molecule has 4 rings (SSSR count). The van der Waals surface area contributed by atoms with Crippen LogP contribution in [0.15, 0.2) is 18.5 Å². The molecule has 1 saturated carbocycles. The Bertz CT molecular complexity index is 654. The van der Waals surface area contributed by atoms with Crippen LogP contribution in [0.4, 0.5) is 0 Å². The lowest BCUT2D eigenvalue weighted by atomic mass is 9.93. The predicted octanol–water partition coefficient (Wildman–Crippen LogP) is 2.53. The van der Waals surface area contributed by atoms with Gasteiger partial charge in [0.25, 0.3) is 5.91 Å². The smallest absolute Gasteiger partial charge is 0.269 e. The van der Waals surface area contributed by atoms with Gasteiger partial charge in [-0.25, -0.2) is 0 Å². The van der Waals surface area contributed by atoms with Crippen LogP contribution in [0.25, 0.3) is 0 Å². The van der Waals surface area contributed by atoms with Crippen LogP contribution in [0.5, 0.6) is 0 Å². The number of nitrogens with zero attached hydrogens (tertiary/aromatic N) is 3. The van der Waals surface area contributed by atoms with Crippen molar-refractivity contribution in [2.24, 2.45) is 0 Å². The molecule has 22 heavy (non-hydrogen) atoms. The number of aromatic amines is 1. The van der Waals surface area contributed by atoms with Crippen molar-refractivity contribution in [3.63, 3.8) is 0 Å². The van der Waals surface area contributed by atoms with E-state index < -0.39 is 0 Å². The van der Waals surface area contributed by atoms with Gasteiger partial charge in [0.1, 0.15) is 5.69 Å². The van der Waals surface area contributed by atoms with Crippen LogP contribution in [0.1, 0.15) is 72.4 Å². The Labute approximate surface area is 129 Å². The second kappa shape index (κ2) is 5.59. The molecule has 0 spiro atoms. The molecule has 2 aromatic heterocycles. The monoisotopic (exact) mass is 299 g/mol. The molecule has 2 aromatic rings. The maximum Gasteiger partial charge on any atom is 0.269 e. The number of nitrogens with one attached hydrogen (secondary N) is 2. The second-order valence-corrected chi connectivity index (χ2v) is 6.35. The summed E-state index contributed by atoms with van der Waals surface area (Å²) < 4.78 is 2.15. The molecule has 0 bridgehead atoms. The molecule has 2 N–H and O–H groups in total. The summed E-state index contributed by atoms with van der Waals surface area (Å²) in [7, 11) is 0. The second-order valence-electron chi connectivity index (χ2n) is 6.35. The van der Waals surface area contributed by atoms with Crippen LogP contribution < -0.4 is 5.32 Å². The Morgan fingerprint density at radius 1 is 1.27 bits per heavy atom. The Hall–Kier alpha value is -2.11. The van der Waals surface area contributed by atoms with Crippen LogP contribution in [-0.4, -0.2) is 25.9 Å². The molecule has 0 aliphatic heterocycles. The fourth-order valence-electron chi connectivity index (χ4n) is 3.68. The highest BCUT2D eigenvalue weighted by atomic mass is 16.2. The summed E-state index contributed by atoms with van der Waals surface area (Å²) >= 11 is 0. The number of aromatic nitrogens is 4. The molecule has 116 valence electrons. The normalized spacial score (nSPS) is 21.7. The van der Waals surface area contributed by atoms with Gasteiger partial charge in [-0.2, -0.15) is 10.2 Å². The molecule has 2 aliphatic carbocycles. The molecule has 1 fully saturated rings. The topological polar surface area (TPSA) is 75.6 Å². The van der Waals surface area contributed by atoms with Gasteiger partial charge in [0.15, 0.2) is 0 Å². The summed E-state index contributed by atoms with van der Waals surface area (Å²) in [6.07, 6.45) is 12.0. The Morgan fingerprint density at radius 2 is 2.14 bits per heavy atom. The van der Waals surface area contributed by atoms with Crippen molar-refractivity contribution in [1.29, 1.82) is 0 Å². The minimum atomic E-state index is -0.106. The minimum absolute atomic E-state index is 0.0159. The van der Waals surface area contributed by atoms with Crippen molar-refractivity contribution in [2.45, 2.75) is 57.0 Å². The molecule has 2 heterocycles. The van der Waals surface area contributed by atoms with E-state index in [1.807, 2.05) is 0 Å². The van der Waals surface area contributed by atoms with Crippen molar-refractivity contribution in [3.8, 4) is 0 Å². The van der Waals surface area contributed by atoms with E-state index in [9.17, 15) is 4.79 Å². The molecule has 2 aliphatic rings. The number of rotatable bonds is 3. The first-order valence-corrected chi connectivity index (χ1v) is 8.19. The summed E-state index contributed by atoms with van der Waals surface area (Å²) in [5, 5.41) is 14.5. The Morgan fingerprint density at radius 3 is 2.91 bits per heavy atom. The maximum atomic E-state index is 12.2. The van der Waals surface area contributed by atoms with Gasteiger partial charge < -0.3 is 5.32 Å². The average Bonchev–Trinajstić information content (AvgIpc) is 3.27. The maximum absolute atomic E-state index is 12.2. The van der Waals surface area contributed by atoms with Gasteiger partial charge in [0, 0.05) is 12.4 Å². The summed E-state index contributed by atoms with van der Waals surface area (Å²) in [4.78, 5) is 12.2.